The molecule has 0 fully saturated rings. The minimum atomic E-state index is 0.296. The number of hydrogen-bond acceptors (Lipinski definition) is 2. The number of rotatable bonds is 2. The van der Waals surface area contributed by atoms with E-state index in [0.717, 1.165) is 18.8 Å². The zero-order chi connectivity index (χ0) is 11.7. The third-order valence-electron chi connectivity index (χ3n) is 3.31. The first-order chi connectivity index (χ1) is 8.38. The topological polar surface area (TPSA) is 26.2 Å². The van der Waals surface area contributed by atoms with Crippen LogP contribution in [-0.4, -0.2) is 18.2 Å². The van der Waals surface area contributed by atoms with Gasteiger partial charge in [-0.25, -0.2) is 0 Å². The van der Waals surface area contributed by atoms with Crippen molar-refractivity contribution in [2.75, 3.05) is 13.7 Å². The van der Waals surface area contributed by atoms with Crippen molar-refractivity contribution in [3.05, 3.63) is 53.9 Å². The molecule has 0 unspecified atom stereocenters. The largest absolute Gasteiger partial charge is 0.497 e. The predicted molar refractivity (Wildman–Crippen MR) is 67.3 cm³/mol. The number of fused-ring (bicyclic) bond motifs is 1. The van der Waals surface area contributed by atoms with E-state index in [0.29, 0.717) is 6.04 Å². The molecule has 0 amide bonds. The molecule has 3 heteroatoms. The van der Waals surface area contributed by atoms with Gasteiger partial charge in [0.15, 0.2) is 0 Å². The summed E-state index contributed by atoms with van der Waals surface area (Å²) in [5.74, 6) is 0.903. The summed E-state index contributed by atoms with van der Waals surface area (Å²) < 4.78 is 7.50. The van der Waals surface area contributed by atoms with Crippen LogP contribution in [0.5, 0.6) is 5.75 Å². The zero-order valence-electron chi connectivity index (χ0n) is 9.89. The Labute approximate surface area is 101 Å². The van der Waals surface area contributed by atoms with Gasteiger partial charge in [0.2, 0.25) is 0 Å². The SMILES string of the molecule is COc1ccc([C@H]2NCCn3cccc32)cc1. The molecule has 1 aliphatic heterocycles. The molecular weight excluding hydrogens is 212 g/mol. The highest BCUT2D eigenvalue weighted by Gasteiger charge is 2.20. The van der Waals surface area contributed by atoms with Crippen LogP contribution in [0.4, 0.5) is 0 Å². The van der Waals surface area contributed by atoms with Gasteiger partial charge in [-0.05, 0) is 29.8 Å². The lowest BCUT2D eigenvalue weighted by Gasteiger charge is -2.26. The molecule has 3 rings (SSSR count). The van der Waals surface area contributed by atoms with E-state index in [2.05, 4.69) is 40.3 Å². The van der Waals surface area contributed by atoms with Crippen molar-refractivity contribution >= 4 is 0 Å². The highest BCUT2D eigenvalue weighted by Crippen LogP contribution is 2.26. The average Bonchev–Trinajstić information content (AvgIpc) is 2.87. The third kappa shape index (κ3) is 1.83. The molecule has 0 aliphatic carbocycles. The molecule has 0 bridgehead atoms. The van der Waals surface area contributed by atoms with Crippen LogP contribution >= 0.6 is 0 Å². The number of methoxy groups -OCH3 is 1. The molecule has 1 N–H and O–H groups in total. The first-order valence-electron chi connectivity index (χ1n) is 5.91. The van der Waals surface area contributed by atoms with E-state index in [1.807, 2.05) is 12.1 Å². The van der Waals surface area contributed by atoms with Crippen molar-refractivity contribution < 1.29 is 4.74 Å². The molecule has 2 heterocycles. The summed E-state index contributed by atoms with van der Waals surface area (Å²) in [4.78, 5) is 0. The Hall–Kier alpha value is -1.74. The number of nitrogens with zero attached hydrogens (tertiary/aromatic N) is 1. The lowest BCUT2D eigenvalue weighted by molar-refractivity contribution is 0.414. The van der Waals surface area contributed by atoms with E-state index in [4.69, 9.17) is 4.74 Å². The van der Waals surface area contributed by atoms with Crippen LogP contribution in [0.25, 0.3) is 0 Å². The second-order valence-electron chi connectivity index (χ2n) is 4.29. The fourth-order valence-corrected chi connectivity index (χ4v) is 2.41. The maximum Gasteiger partial charge on any atom is 0.118 e. The maximum absolute atomic E-state index is 5.19. The van der Waals surface area contributed by atoms with E-state index >= 15 is 0 Å². The summed E-state index contributed by atoms with van der Waals surface area (Å²) in [7, 11) is 1.69. The summed E-state index contributed by atoms with van der Waals surface area (Å²) in [5.41, 5.74) is 2.62. The van der Waals surface area contributed by atoms with Crippen LogP contribution in [-0.2, 0) is 6.54 Å². The van der Waals surface area contributed by atoms with Crippen molar-refractivity contribution in [1.82, 2.24) is 9.88 Å². The Morgan fingerprint density at radius 3 is 2.82 bits per heavy atom. The van der Waals surface area contributed by atoms with Gasteiger partial charge in [0, 0.05) is 25.0 Å². The minimum absolute atomic E-state index is 0.296. The summed E-state index contributed by atoms with van der Waals surface area (Å²) in [5, 5.41) is 3.55. The van der Waals surface area contributed by atoms with E-state index < -0.39 is 0 Å². The standard InChI is InChI=1S/C14H16N2O/c1-17-12-6-4-11(5-7-12)14-13-3-2-9-16(13)10-8-15-14/h2-7,9,14-15H,8,10H2,1H3/t14-/m1/s1. The summed E-state index contributed by atoms with van der Waals surface area (Å²) >= 11 is 0. The second kappa shape index (κ2) is 4.26. The zero-order valence-corrected chi connectivity index (χ0v) is 9.89. The lowest BCUT2D eigenvalue weighted by Crippen LogP contribution is -2.33. The van der Waals surface area contributed by atoms with Gasteiger partial charge in [-0.2, -0.15) is 0 Å². The molecule has 88 valence electrons. The van der Waals surface area contributed by atoms with Crippen LogP contribution in [0.2, 0.25) is 0 Å². The number of aromatic nitrogens is 1. The van der Waals surface area contributed by atoms with E-state index in [9.17, 15) is 0 Å². The first-order valence-corrected chi connectivity index (χ1v) is 5.91. The molecule has 0 saturated heterocycles. The molecule has 2 aromatic rings. The fraction of sp³-hybridized carbons (Fsp3) is 0.286. The van der Waals surface area contributed by atoms with Crippen LogP contribution in [0, 0.1) is 0 Å². The normalized spacial score (nSPS) is 18.8. The van der Waals surface area contributed by atoms with E-state index in [-0.39, 0.29) is 0 Å². The van der Waals surface area contributed by atoms with Gasteiger partial charge in [0.25, 0.3) is 0 Å². The van der Waals surface area contributed by atoms with Crippen molar-refractivity contribution in [2.24, 2.45) is 0 Å². The summed E-state index contributed by atoms with van der Waals surface area (Å²) in [6.07, 6.45) is 2.15. The molecule has 0 spiro atoms. The van der Waals surface area contributed by atoms with E-state index in [1.165, 1.54) is 11.3 Å². The van der Waals surface area contributed by atoms with Crippen molar-refractivity contribution in [2.45, 2.75) is 12.6 Å². The van der Waals surface area contributed by atoms with Gasteiger partial charge in [0.1, 0.15) is 5.75 Å². The predicted octanol–water partition coefficient (Wildman–Crippen LogP) is 2.19. The number of nitrogens with one attached hydrogen (secondary N) is 1. The molecule has 17 heavy (non-hydrogen) atoms. The van der Waals surface area contributed by atoms with Gasteiger partial charge in [0.05, 0.1) is 13.2 Å². The minimum Gasteiger partial charge on any atom is -0.497 e. The van der Waals surface area contributed by atoms with E-state index in [1.54, 1.807) is 7.11 Å². The molecule has 3 nitrogen and oxygen atoms in total. The highest BCUT2D eigenvalue weighted by molar-refractivity contribution is 5.34. The Morgan fingerprint density at radius 2 is 2.06 bits per heavy atom. The van der Waals surface area contributed by atoms with Crippen LogP contribution in [0.3, 0.4) is 0 Å². The van der Waals surface area contributed by atoms with Crippen molar-refractivity contribution in [1.29, 1.82) is 0 Å². The van der Waals surface area contributed by atoms with Crippen LogP contribution in [0.1, 0.15) is 17.3 Å². The van der Waals surface area contributed by atoms with Gasteiger partial charge in [-0.15, -0.1) is 0 Å². The number of ether oxygens (including phenoxy) is 1. The van der Waals surface area contributed by atoms with Crippen LogP contribution in [0.15, 0.2) is 42.6 Å². The van der Waals surface area contributed by atoms with Crippen LogP contribution < -0.4 is 10.1 Å². The highest BCUT2D eigenvalue weighted by atomic mass is 16.5. The first kappa shape index (κ1) is 10.4. The lowest BCUT2D eigenvalue weighted by atomic mass is 10.0. The molecular formula is C14H16N2O. The third-order valence-corrected chi connectivity index (χ3v) is 3.31. The number of hydrogen-bond donors (Lipinski definition) is 1. The van der Waals surface area contributed by atoms with Gasteiger partial charge in [-0.1, -0.05) is 12.1 Å². The van der Waals surface area contributed by atoms with Gasteiger partial charge in [-0.3, -0.25) is 0 Å². The molecule has 1 aromatic carbocycles. The quantitative estimate of drug-likeness (QED) is 0.852. The Balaban J connectivity index is 1.95. The summed E-state index contributed by atoms with van der Waals surface area (Å²) in [6.45, 7) is 2.06. The average molecular weight is 228 g/mol. The maximum atomic E-state index is 5.19. The van der Waals surface area contributed by atoms with Crippen molar-refractivity contribution in [3.63, 3.8) is 0 Å². The Morgan fingerprint density at radius 1 is 1.24 bits per heavy atom. The molecule has 0 radical (unpaired) electrons. The van der Waals surface area contributed by atoms with Gasteiger partial charge < -0.3 is 14.6 Å². The Kier molecular flexibility index (Phi) is 2.61. The van der Waals surface area contributed by atoms with Gasteiger partial charge >= 0.3 is 0 Å². The molecule has 1 aliphatic rings. The number of benzene rings is 1. The summed E-state index contributed by atoms with van der Waals surface area (Å²) in [6, 6.07) is 12.9. The smallest absolute Gasteiger partial charge is 0.118 e. The molecule has 0 saturated carbocycles. The monoisotopic (exact) mass is 228 g/mol. The Bertz CT molecular complexity index is 501. The van der Waals surface area contributed by atoms with Crippen molar-refractivity contribution in [3.8, 4) is 5.75 Å². The fourth-order valence-electron chi connectivity index (χ4n) is 2.41. The molecule has 1 atom stereocenters. The molecule has 1 aromatic heterocycles. The second-order valence-corrected chi connectivity index (χ2v) is 4.29.